The monoisotopic (exact) mass is 329 g/mol. The third-order valence-corrected chi connectivity index (χ3v) is 1.76. The zero-order valence-corrected chi connectivity index (χ0v) is 11.4. The Morgan fingerprint density at radius 1 is 1.27 bits per heavy atom. The Balaban J connectivity index is 0. The summed E-state index contributed by atoms with van der Waals surface area (Å²) >= 11 is 0. The molecule has 0 aliphatic rings. The lowest BCUT2D eigenvalue weighted by molar-refractivity contribution is -0.192. The zero-order valence-electron chi connectivity index (χ0n) is 11.4. The molecule has 0 aliphatic carbocycles. The van der Waals surface area contributed by atoms with Gasteiger partial charge in [0.05, 0.1) is 6.33 Å². The number of nitrogens with two attached hydrogens (primary N) is 3. The molecule has 128 valence electrons. The Kier molecular flexibility index (Phi) is 11.5. The second-order valence-electron chi connectivity index (χ2n) is 3.57. The molecule has 0 bridgehead atoms. The molecular formula is C10H18F3N5O4. The van der Waals surface area contributed by atoms with E-state index in [0.29, 0.717) is 6.54 Å². The predicted molar refractivity (Wildman–Crippen MR) is 69.6 cm³/mol. The minimum atomic E-state index is -5.08. The predicted octanol–water partition coefficient (Wildman–Crippen LogP) is -1.17. The minimum Gasteiger partial charge on any atom is -0.480 e. The molecule has 22 heavy (non-hydrogen) atoms. The van der Waals surface area contributed by atoms with Crippen LogP contribution < -0.4 is 17.2 Å². The molecule has 0 aromatic carbocycles. The van der Waals surface area contributed by atoms with E-state index in [9.17, 15) is 18.0 Å². The number of hydrogen-bond donors (Lipinski definition) is 5. The maximum atomic E-state index is 10.6. The molecule has 0 amide bonds. The fourth-order valence-corrected chi connectivity index (χ4v) is 0.669. The van der Waals surface area contributed by atoms with Crippen LogP contribution in [0.1, 0.15) is 0 Å². The van der Waals surface area contributed by atoms with Crippen LogP contribution in [-0.2, 0) is 16.1 Å². The molecule has 0 unspecified atom stereocenters. The van der Waals surface area contributed by atoms with Crippen molar-refractivity contribution in [2.45, 2.75) is 18.8 Å². The van der Waals surface area contributed by atoms with Crippen LogP contribution in [0.4, 0.5) is 13.2 Å². The van der Waals surface area contributed by atoms with Crippen molar-refractivity contribution in [3.8, 4) is 0 Å². The standard InChI is InChI=1S/C5H9N3.C3H8N2O2.C2HF3O2/c6-1-3-8-4-2-7-5-8;4-1-2(5)3(6)7;3-2(4,5)1(6)7/h2,4-5H,1,3,6H2;2H,1,4-5H2,(H,6,7);(H,6,7)/t;2-;/m.0./s1. The van der Waals surface area contributed by atoms with Crippen LogP contribution in [0.5, 0.6) is 0 Å². The summed E-state index contributed by atoms with van der Waals surface area (Å²) in [4.78, 5) is 22.5. The van der Waals surface area contributed by atoms with E-state index in [1.165, 1.54) is 0 Å². The molecule has 0 radical (unpaired) electrons. The van der Waals surface area contributed by atoms with Crippen molar-refractivity contribution >= 4 is 11.9 Å². The van der Waals surface area contributed by atoms with Crippen molar-refractivity contribution in [2.75, 3.05) is 13.1 Å². The van der Waals surface area contributed by atoms with Crippen molar-refractivity contribution in [3.05, 3.63) is 18.7 Å². The van der Waals surface area contributed by atoms with Crippen LogP contribution in [0.2, 0.25) is 0 Å². The number of carboxylic acid groups (broad SMARTS) is 2. The Morgan fingerprint density at radius 3 is 1.95 bits per heavy atom. The SMILES string of the molecule is NCCn1ccnc1.NC[C@H](N)C(=O)O.O=C(O)C(F)(F)F. The Morgan fingerprint density at radius 2 is 1.77 bits per heavy atom. The van der Waals surface area contributed by atoms with Crippen LogP contribution in [0, 0.1) is 0 Å². The second-order valence-corrected chi connectivity index (χ2v) is 3.57. The van der Waals surface area contributed by atoms with E-state index >= 15 is 0 Å². The summed E-state index contributed by atoms with van der Waals surface area (Å²) in [6.45, 7) is 1.53. The van der Waals surface area contributed by atoms with Crippen molar-refractivity contribution in [1.29, 1.82) is 0 Å². The Hall–Kier alpha value is -2.18. The lowest BCUT2D eigenvalue weighted by Gasteiger charge is -1.97. The van der Waals surface area contributed by atoms with Gasteiger partial charge in [-0.05, 0) is 0 Å². The van der Waals surface area contributed by atoms with Crippen molar-refractivity contribution in [1.82, 2.24) is 9.55 Å². The smallest absolute Gasteiger partial charge is 0.480 e. The number of imidazole rings is 1. The first-order valence-corrected chi connectivity index (χ1v) is 5.70. The van der Waals surface area contributed by atoms with Gasteiger partial charge >= 0.3 is 18.1 Å². The van der Waals surface area contributed by atoms with Gasteiger partial charge < -0.3 is 32.0 Å². The highest BCUT2D eigenvalue weighted by Crippen LogP contribution is 2.13. The summed E-state index contributed by atoms with van der Waals surface area (Å²) in [7, 11) is 0. The number of aliphatic carboxylic acids is 2. The fraction of sp³-hybridized carbons (Fsp3) is 0.500. The van der Waals surface area contributed by atoms with Crippen LogP contribution in [-0.4, -0.2) is 57.0 Å². The number of nitrogens with zero attached hydrogens (tertiary/aromatic N) is 2. The van der Waals surface area contributed by atoms with Gasteiger partial charge in [0, 0.05) is 32.0 Å². The molecule has 0 spiro atoms. The first-order valence-electron chi connectivity index (χ1n) is 5.70. The second kappa shape index (κ2) is 11.5. The van der Waals surface area contributed by atoms with Gasteiger partial charge in [-0.15, -0.1) is 0 Å². The highest BCUT2D eigenvalue weighted by molar-refractivity contribution is 5.73. The Labute approximate surface area is 123 Å². The highest BCUT2D eigenvalue weighted by Gasteiger charge is 2.38. The van der Waals surface area contributed by atoms with E-state index in [-0.39, 0.29) is 6.54 Å². The van der Waals surface area contributed by atoms with E-state index in [2.05, 4.69) is 4.98 Å². The lowest BCUT2D eigenvalue weighted by atomic mass is 10.3. The average molecular weight is 329 g/mol. The summed E-state index contributed by atoms with van der Waals surface area (Å²) in [5.41, 5.74) is 15.0. The quantitative estimate of drug-likeness (QED) is 0.460. The molecule has 1 aromatic heterocycles. The summed E-state index contributed by atoms with van der Waals surface area (Å²) < 4.78 is 33.7. The normalized spacial score (nSPS) is 11.4. The third kappa shape index (κ3) is 12.8. The molecule has 1 aromatic rings. The largest absolute Gasteiger partial charge is 0.490 e. The molecule has 0 fully saturated rings. The number of carbonyl (C=O) groups is 2. The van der Waals surface area contributed by atoms with E-state index < -0.39 is 24.2 Å². The zero-order chi connectivity index (χ0) is 17.8. The number of halogens is 3. The maximum absolute atomic E-state index is 10.6. The molecular weight excluding hydrogens is 311 g/mol. The molecule has 0 saturated heterocycles. The van der Waals surface area contributed by atoms with E-state index in [1.54, 1.807) is 12.5 Å². The maximum Gasteiger partial charge on any atom is 0.490 e. The molecule has 1 heterocycles. The molecule has 0 saturated carbocycles. The van der Waals surface area contributed by atoms with E-state index in [4.69, 9.17) is 32.2 Å². The average Bonchev–Trinajstić information content (AvgIpc) is 2.91. The van der Waals surface area contributed by atoms with Gasteiger partial charge in [-0.25, -0.2) is 9.78 Å². The summed E-state index contributed by atoms with van der Waals surface area (Å²) in [6.07, 6.45) is 0.315. The summed E-state index contributed by atoms with van der Waals surface area (Å²) in [5.74, 6) is -3.81. The van der Waals surface area contributed by atoms with Crippen LogP contribution >= 0.6 is 0 Å². The molecule has 0 aliphatic heterocycles. The first kappa shape index (κ1) is 22.1. The molecule has 1 rings (SSSR count). The van der Waals surface area contributed by atoms with Gasteiger partial charge in [-0.3, -0.25) is 4.79 Å². The van der Waals surface area contributed by atoms with Gasteiger partial charge in [0.15, 0.2) is 0 Å². The molecule has 12 heteroatoms. The molecule has 8 N–H and O–H groups in total. The van der Waals surface area contributed by atoms with Crippen molar-refractivity contribution in [3.63, 3.8) is 0 Å². The van der Waals surface area contributed by atoms with E-state index in [0.717, 1.165) is 6.54 Å². The number of carboxylic acids is 2. The number of aromatic nitrogens is 2. The third-order valence-electron chi connectivity index (χ3n) is 1.76. The van der Waals surface area contributed by atoms with Gasteiger partial charge in [0.2, 0.25) is 0 Å². The molecule has 1 atom stereocenters. The number of hydrogen-bond acceptors (Lipinski definition) is 6. The fourth-order valence-electron chi connectivity index (χ4n) is 0.669. The van der Waals surface area contributed by atoms with Gasteiger partial charge in [0.25, 0.3) is 0 Å². The molecule has 9 nitrogen and oxygen atoms in total. The van der Waals surface area contributed by atoms with Crippen LogP contribution in [0.15, 0.2) is 18.7 Å². The van der Waals surface area contributed by atoms with Gasteiger partial charge in [-0.2, -0.15) is 13.2 Å². The minimum absolute atomic E-state index is 0.00463. The first-order chi connectivity index (χ1) is 10.1. The van der Waals surface area contributed by atoms with Gasteiger partial charge in [-0.1, -0.05) is 0 Å². The van der Waals surface area contributed by atoms with Crippen molar-refractivity contribution < 1.29 is 33.0 Å². The van der Waals surface area contributed by atoms with Crippen LogP contribution in [0.3, 0.4) is 0 Å². The number of alkyl halides is 3. The summed E-state index contributed by atoms with van der Waals surface area (Å²) in [5, 5.41) is 15.1. The van der Waals surface area contributed by atoms with Crippen molar-refractivity contribution in [2.24, 2.45) is 17.2 Å². The van der Waals surface area contributed by atoms with Crippen LogP contribution in [0.25, 0.3) is 0 Å². The van der Waals surface area contributed by atoms with E-state index in [1.807, 2.05) is 10.8 Å². The summed E-state index contributed by atoms with van der Waals surface area (Å²) in [6, 6.07) is -0.903. The highest BCUT2D eigenvalue weighted by atomic mass is 19.4. The van der Waals surface area contributed by atoms with Gasteiger partial charge in [0.1, 0.15) is 6.04 Å². The Bertz CT molecular complexity index is 425. The lowest BCUT2D eigenvalue weighted by Crippen LogP contribution is -2.37. The number of rotatable bonds is 4. The topological polar surface area (TPSA) is 170 Å².